The fraction of sp³-hybridized carbons (Fsp3) is 0.500. The molecule has 1 rings (SSSR count). The molecule has 4 heteroatoms. The Morgan fingerprint density at radius 3 is 2.50 bits per heavy atom. The van der Waals surface area contributed by atoms with Gasteiger partial charge in [0.05, 0.1) is 6.26 Å². The maximum absolute atomic E-state index is 11.1. The van der Waals surface area contributed by atoms with Gasteiger partial charge in [0.15, 0.2) is 0 Å². The van der Waals surface area contributed by atoms with Crippen LogP contribution in [0.4, 0.5) is 0 Å². The van der Waals surface area contributed by atoms with Crippen molar-refractivity contribution in [2.24, 2.45) is 0 Å². The molecular formula is C12H18O3S. The summed E-state index contributed by atoms with van der Waals surface area (Å²) in [5.41, 5.74) is 0.953. The molecule has 0 aromatic heterocycles. The highest BCUT2D eigenvalue weighted by atomic mass is 32.2. The highest BCUT2D eigenvalue weighted by molar-refractivity contribution is 7.86. The van der Waals surface area contributed by atoms with Crippen LogP contribution in [0, 0.1) is 0 Å². The first kappa shape index (κ1) is 13.0. The second-order valence-electron chi connectivity index (χ2n) is 4.02. The lowest BCUT2D eigenvalue weighted by Crippen LogP contribution is -2.08. The van der Waals surface area contributed by atoms with Crippen molar-refractivity contribution in [3.05, 3.63) is 29.8 Å². The standard InChI is InChI=1S/C12H18O3S/c1-4-7-10(2)11-8-5-6-9-12(11)15-16(3,13)14/h5-6,8-10H,4,7H2,1-3H3. The Bertz CT molecular complexity index is 437. The predicted molar refractivity (Wildman–Crippen MR) is 65.2 cm³/mol. The Labute approximate surface area is 97.6 Å². The van der Waals surface area contributed by atoms with E-state index in [1.165, 1.54) is 0 Å². The number of rotatable bonds is 5. The number of benzene rings is 1. The lowest BCUT2D eigenvalue weighted by Gasteiger charge is -2.14. The largest absolute Gasteiger partial charge is 0.382 e. The van der Waals surface area contributed by atoms with Gasteiger partial charge in [0.1, 0.15) is 5.75 Å². The molecule has 0 radical (unpaired) electrons. The highest BCUT2D eigenvalue weighted by Gasteiger charge is 2.13. The van der Waals surface area contributed by atoms with Gasteiger partial charge < -0.3 is 4.18 Å². The summed E-state index contributed by atoms with van der Waals surface area (Å²) >= 11 is 0. The summed E-state index contributed by atoms with van der Waals surface area (Å²) in [5, 5.41) is 0. The maximum Gasteiger partial charge on any atom is 0.306 e. The maximum atomic E-state index is 11.1. The highest BCUT2D eigenvalue weighted by Crippen LogP contribution is 2.30. The normalized spacial score (nSPS) is 13.4. The molecule has 0 saturated carbocycles. The van der Waals surface area contributed by atoms with E-state index in [1.54, 1.807) is 12.1 Å². The van der Waals surface area contributed by atoms with E-state index >= 15 is 0 Å². The Hall–Kier alpha value is -1.03. The first-order valence-electron chi connectivity index (χ1n) is 5.42. The summed E-state index contributed by atoms with van der Waals surface area (Å²) in [5.74, 6) is 0.758. The van der Waals surface area contributed by atoms with E-state index in [0.29, 0.717) is 11.7 Å². The van der Waals surface area contributed by atoms with Crippen LogP contribution in [-0.2, 0) is 10.1 Å². The van der Waals surface area contributed by atoms with Crippen molar-refractivity contribution in [2.75, 3.05) is 6.26 Å². The molecule has 3 nitrogen and oxygen atoms in total. The molecule has 0 saturated heterocycles. The van der Waals surface area contributed by atoms with Crippen LogP contribution in [0.25, 0.3) is 0 Å². The summed E-state index contributed by atoms with van der Waals surface area (Å²) in [7, 11) is -3.45. The van der Waals surface area contributed by atoms with Crippen molar-refractivity contribution in [3.63, 3.8) is 0 Å². The van der Waals surface area contributed by atoms with Crippen molar-refractivity contribution in [1.29, 1.82) is 0 Å². The third-order valence-corrected chi connectivity index (χ3v) is 2.90. The first-order valence-corrected chi connectivity index (χ1v) is 7.24. The summed E-state index contributed by atoms with van der Waals surface area (Å²) in [6.07, 6.45) is 3.15. The SMILES string of the molecule is CCCC(C)c1ccccc1OS(C)(=O)=O. The zero-order valence-electron chi connectivity index (χ0n) is 9.93. The molecule has 1 aromatic rings. The Morgan fingerprint density at radius 1 is 1.31 bits per heavy atom. The summed E-state index contributed by atoms with van der Waals surface area (Å²) < 4.78 is 27.2. The molecule has 0 amide bonds. The Morgan fingerprint density at radius 2 is 1.94 bits per heavy atom. The fourth-order valence-electron chi connectivity index (χ4n) is 1.72. The molecule has 0 bridgehead atoms. The predicted octanol–water partition coefficient (Wildman–Crippen LogP) is 2.93. The van der Waals surface area contributed by atoms with Gasteiger partial charge in [-0.1, -0.05) is 38.5 Å². The van der Waals surface area contributed by atoms with Gasteiger partial charge in [0.2, 0.25) is 0 Å². The molecule has 90 valence electrons. The van der Waals surface area contributed by atoms with Gasteiger partial charge >= 0.3 is 10.1 Å². The molecular weight excluding hydrogens is 224 g/mol. The molecule has 0 heterocycles. The number of para-hydroxylation sites is 1. The minimum absolute atomic E-state index is 0.308. The van der Waals surface area contributed by atoms with E-state index in [1.807, 2.05) is 12.1 Å². The van der Waals surface area contributed by atoms with Crippen LogP contribution >= 0.6 is 0 Å². The second kappa shape index (κ2) is 5.34. The van der Waals surface area contributed by atoms with Gasteiger partial charge in [-0.15, -0.1) is 0 Å². The topological polar surface area (TPSA) is 43.4 Å². The van der Waals surface area contributed by atoms with Gasteiger partial charge in [0.25, 0.3) is 0 Å². The molecule has 0 spiro atoms. The van der Waals surface area contributed by atoms with E-state index in [2.05, 4.69) is 13.8 Å². The van der Waals surface area contributed by atoms with Crippen LogP contribution in [0.5, 0.6) is 5.75 Å². The summed E-state index contributed by atoms with van der Waals surface area (Å²) in [6, 6.07) is 7.29. The molecule has 0 aliphatic rings. The van der Waals surface area contributed by atoms with Gasteiger partial charge in [-0.05, 0) is 24.0 Å². The second-order valence-corrected chi connectivity index (χ2v) is 5.59. The van der Waals surface area contributed by atoms with Gasteiger partial charge in [-0.2, -0.15) is 8.42 Å². The van der Waals surface area contributed by atoms with E-state index in [0.717, 1.165) is 24.7 Å². The van der Waals surface area contributed by atoms with Crippen molar-refractivity contribution < 1.29 is 12.6 Å². The van der Waals surface area contributed by atoms with Crippen molar-refractivity contribution >= 4 is 10.1 Å². The lowest BCUT2D eigenvalue weighted by atomic mass is 9.96. The smallest absolute Gasteiger partial charge is 0.306 e. The molecule has 16 heavy (non-hydrogen) atoms. The average Bonchev–Trinajstić information content (AvgIpc) is 2.16. The number of hydrogen-bond acceptors (Lipinski definition) is 3. The molecule has 0 fully saturated rings. The average molecular weight is 242 g/mol. The van der Waals surface area contributed by atoms with Crippen molar-refractivity contribution in [2.45, 2.75) is 32.6 Å². The van der Waals surface area contributed by atoms with Crippen LogP contribution in [0.2, 0.25) is 0 Å². The van der Waals surface area contributed by atoms with E-state index < -0.39 is 10.1 Å². The molecule has 0 aliphatic carbocycles. The van der Waals surface area contributed by atoms with Crippen LogP contribution < -0.4 is 4.18 Å². The minimum Gasteiger partial charge on any atom is -0.382 e. The third kappa shape index (κ3) is 3.85. The molecule has 1 atom stereocenters. The van der Waals surface area contributed by atoms with Gasteiger partial charge in [0, 0.05) is 0 Å². The monoisotopic (exact) mass is 242 g/mol. The first-order chi connectivity index (χ1) is 7.44. The van der Waals surface area contributed by atoms with Crippen molar-refractivity contribution in [1.82, 2.24) is 0 Å². The van der Waals surface area contributed by atoms with Gasteiger partial charge in [-0.3, -0.25) is 0 Å². The van der Waals surface area contributed by atoms with Crippen molar-refractivity contribution in [3.8, 4) is 5.75 Å². The zero-order chi connectivity index (χ0) is 12.2. The molecule has 0 N–H and O–H groups in total. The molecule has 1 aromatic carbocycles. The van der Waals surface area contributed by atoms with Crippen LogP contribution in [0.1, 0.15) is 38.2 Å². The molecule has 1 unspecified atom stereocenters. The Kier molecular flexibility index (Phi) is 4.35. The summed E-state index contributed by atoms with van der Waals surface area (Å²) in [4.78, 5) is 0. The zero-order valence-corrected chi connectivity index (χ0v) is 10.8. The lowest BCUT2D eigenvalue weighted by molar-refractivity contribution is 0.485. The molecule has 0 aliphatic heterocycles. The minimum atomic E-state index is -3.45. The Balaban J connectivity index is 3.00. The van der Waals surface area contributed by atoms with E-state index in [9.17, 15) is 8.42 Å². The van der Waals surface area contributed by atoms with Crippen LogP contribution in [0.15, 0.2) is 24.3 Å². The van der Waals surface area contributed by atoms with Gasteiger partial charge in [-0.25, -0.2) is 0 Å². The third-order valence-electron chi connectivity index (χ3n) is 2.41. The van der Waals surface area contributed by atoms with Crippen LogP contribution in [-0.4, -0.2) is 14.7 Å². The van der Waals surface area contributed by atoms with E-state index in [4.69, 9.17) is 4.18 Å². The summed E-state index contributed by atoms with van der Waals surface area (Å²) in [6.45, 7) is 4.19. The fourth-order valence-corrected chi connectivity index (χ4v) is 2.19. The number of hydrogen-bond donors (Lipinski definition) is 0. The van der Waals surface area contributed by atoms with Crippen LogP contribution in [0.3, 0.4) is 0 Å². The van der Waals surface area contributed by atoms with E-state index in [-0.39, 0.29) is 0 Å². The quantitative estimate of drug-likeness (QED) is 0.746.